The third-order valence-electron chi connectivity index (χ3n) is 3.34. The molecule has 0 spiro atoms. The van der Waals surface area contributed by atoms with Crippen LogP contribution in [0.3, 0.4) is 0 Å². The average molecular weight is 378 g/mol. The van der Waals surface area contributed by atoms with Gasteiger partial charge in [-0.3, -0.25) is 9.59 Å². The van der Waals surface area contributed by atoms with Crippen molar-refractivity contribution in [3.63, 3.8) is 0 Å². The molecule has 110 valence electrons. The monoisotopic (exact) mass is 377 g/mol. The summed E-state index contributed by atoms with van der Waals surface area (Å²) in [5.74, 6) is -0.149. The molecule has 0 aliphatic carbocycles. The van der Waals surface area contributed by atoms with Gasteiger partial charge in [0.05, 0.1) is 16.8 Å². The number of rotatable bonds is 2. The Balaban J connectivity index is 0.00000192. The quantitative estimate of drug-likeness (QED) is 0.489. The number of carbonyl (C=O) groups excluding carboxylic acids is 2. The molecule has 0 saturated heterocycles. The summed E-state index contributed by atoms with van der Waals surface area (Å²) in [4.78, 5) is 24.3. The molecule has 3 rings (SSSR count). The molecule has 23 heavy (non-hydrogen) atoms. The fraction of sp³-hybridized carbons (Fsp3) is 0.0588. The minimum Gasteiger partial charge on any atom is -0.346 e. The summed E-state index contributed by atoms with van der Waals surface area (Å²) in [6.45, 7) is 1.65. The van der Waals surface area contributed by atoms with Gasteiger partial charge in [-0.2, -0.15) is 24.3 Å². The molecule has 5 nitrogen and oxygen atoms in total. The van der Waals surface area contributed by atoms with Crippen LogP contribution in [0.1, 0.15) is 17.3 Å². The Morgan fingerprint density at radius 3 is 2.57 bits per heavy atom. The molecule has 0 unspecified atom stereocenters. The van der Waals surface area contributed by atoms with Crippen molar-refractivity contribution in [1.82, 2.24) is 5.32 Å². The van der Waals surface area contributed by atoms with E-state index in [-0.39, 0.29) is 70.0 Å². The molecule has 2 aromatic rings. The summed E-state index contributed by atoms with van der Waals surface area (Å²) >= 11 is 0. The van der Waals surface area contributed by atoms with Gasteiger partial charge in [0.2, 0.25) is 0 Å². The van der Waals surface area contributed by atoms with E-state index in [2.05, 4.69) is 22.0 Å². The second-order valence-corrected chi connectivity index (χ2v) is 4.86. The fourth-order valence-corrected chi connectivity index (χ4v) is 2.13. The number of amides is 2. The standard InChI is InChI=1S/C17H14N3O2.Rb/c1-11(16(21)18-12-7-3-2-4-8-12)15-19-14-10-6-5-9-13(14)17(22)20-15;/h2-7,9-10,19H,1H3,(H,18,21)(H,20,22);/q-1;+1/b15-11-;. The Morgan fingerprint density at radius 1 is 1.09 bits per heavy atom. The first-order valence-corrected chi connectivity index (χ1v) is 6.81. The second kappa shape index (κ2) is 8.01. The molecule has 3 N–H and O–H groups in total. The van der Waals surface area contributed by atoms with Crippen LogP contribution in [0, 0.1) is 6.07 Å². The van der Waals surface area contributed by atoms with Crippen LogP contribution in [0.15, 0.2) is 59.9 Å². The predicted octanol–water partition coefficient (Wildman–Crippen LogP) is -0.484. The average Bonchev–Trinajstić information content (AvgIpc) is 2.55. The molecule has 1 aliphatic heterocycles. The zero-order valence-corrected chi connectivity index (χ0v) is 17.9. The summed E-state index contributed by atoms with van der Waals surface area (Å²) in [5, 5.41) is 8.50. The first kappa shape index (κ1) is 18.1. The normalized spacial score (nSPS) is 14.6. The van der Waals surface area contributed by atoms with Crippen LogP contribution < -0.4 is 74.1 Å². The van der Waals surface area contributed by atoms with Crippen molar-refractivity contribution >= 4 is 23.2 Å². The van der Waals surface area contributed by atoms with Gasteiger partial charge in [-0.1, -0.05) is 17.8 Å². The van der Waals surface area contributed by atoms with E-state index in [9.17, 15) is 9.59 Å². The zero-order chi connectivity index (χ0) is 15.5. The summed E-state index contributed by atoms with van der Waals surface area (Å²) < 4.78 is 0. The van der Waals surface area contributed by atoms with Crippen LogP contribution >= 0.6 is 0 Å². The van der Waals surface area contributed by atoms with Crippen LogP contribution in [0.4, 0.5) is 11.4 Å². The first-order chi connectivity index (χ1) is 10.6. The minimum absolute atomic E-state index is 0. The van der Waals surface area contributed by atoms with Gasteiger partial charge in [0.25, 0.3) is 11.8 Å². The number of anilines is 2. The molecule has 1 heterocycles. The third-order valence-corrected chi connectivity index (χ3v) is 3.34. The van der Waals surface area contributed by atoms with Crippen molar-refractivity contribution in [2.45, 2.75) is 6.92 Å². The number of para-hydroxylation sites is 2. The topological polar surface area (TPSA) is 70.2 Å². The van der Waals surface area contributed by atoms with Crippen LogP contribution in [0.25, 0.3) is 0 Å². The Bertz CT molecular complexity index is 772. The molecular weight excluding hydrogens is 364 g/mol. The van der Waals surface area contributed by atoms with Crippen molar-refractivity contribution in [3.8, 4) is 0 Å². The summed E-state index contributed by atoms with van der Waals surface area (Å²) in [6, 6.07) is 17.2. The number of nitrogens with one attached hydrogen (secondary N) is 3. The van der Waals surface area contributed by atoms with Crippen LogP contribution in [0.5, 0.6) is 0 Å². The van der Waals surface area contributed by atoms with Crippen LogP contribution in [0.2, 0.25) is 0 Å². The van der Waals surface area contributed by atoms with E-state index >= 15 is 0 Å². The molecule has 2 aromatic carbocycles. The van der Waals surface area contributed by atoms with Gasteiger partial charge in [0, 0.05) is 0 Å². The van der Waals surface area contributed by atoms with Crippen molar-refractivity contribution in [1.29, 1.82) is 0 Å². The van der Waals surface area contributed by atoms with E-state index in [4.69, 9.17) is 0 Å². The largest absolute Gasteiger partial charge is 1.00 e. The molecule has 2 amide bonds. The van der Waals surface area contributed by atoms with Gasteiger partial charge >= 0.3 is 58.2 Å². The van der Waals surface area contributed by atoms with Gasteiger partial charge in [-0.25, -0.2) is 0 Å². The van der Waals surface area contributed by atoms with Crippen molar-refractivity contribution in [3.05, 3.63) is 71.6 Å². The number of hydrogen-bond donors (Lipinski definition) is 3. The maximum absolute atomic E-state index is 12.3. The van der Waals surface area contributed by atoms with E-state index in [1.165, 1.54) is 0 Å². The van der Waals surface area contributed by atoms with E-state index in [0.29, 0.717) is 28.3 Å². The number of carbonyl (C=O) groups is 2. The fourth-order valence-electron chi connectivity index (χ4n) is 2.13. The van der Waals surface area contributed by atoms with E-state index < -0.39 is 0 Å². The van der Waals surface area contributed by atoms with E-state index in [1.54, 1.807) is 37.3 Å². The summed E-state index contributed by atoms with van der Waals surface area (Å²) in [5.41, 5.74) is 2.20. The van der Waals surface area contributed by atoms with Gasteiger partial charge in [-0.05, 0) is 19.1 Å². The van der Waals surface area contributed by atoms with Crippen LogP contribution in [-0.2, 0) is 4.79 Å². The Hall–Kier alpha value is -1.27. The van der Waals surface area contributed by atoms with Crippen molar-refractivity contribution < 1.29 is 67.8 Å². The maximum atomic E-state index is 12.3. The Kier molecular flexibility index (Phi) is 6.29. The Labute approximate surface area is 183 Å². The molecule has 0 aromatic heterocycles. The number of benzene rings is 2. The third kappa shape index (κ3) is 4.17. The molecule has 0 atom stereocenters. The zero-order valence-electron chi connectivity index (χ0n) is 12.9. The molecule has 0 bridgehead atoms. The summed E-state index contributed by atoms with van der Waals surface area (Å²) in [7, 11) is 0. The van der Waals surface area contributed by atoms with Crippen molar-refractivity contribution in [2.75, 3.05) is 10.6 Å². The van der Waals surface area contributed by atoms with E-state index in [1.807, 2.05) is 18.2 Å². The van der Waals surface area contributed by atoms with E-state index in [0.717, 1.165) is 0 Å². The van der Waals surface area contributed by atoms with Gasteiger partial charge < -0.3 is 16.0 Å². The molecule has 0 radical (unpaired) electrons. The predicted molar refractivity (Wildman–Crippen MR) is 84.1 cm³/mol. The Morgan fingerprint density at radius 2 is 1.83 bits per heavy atom. The molecule has 0 fully saturated rings. The van der Waals surface area contributed by atoms with Crippen molar-refractivity contribution in [2.24, 2.45) is 0 Å². The smallest absolute Gasteiger partial charge is 0.346 e. The van der Waals surface area contributed by atoms with Crippen LogP contribution in [-0.4, -0.2) is 11.8 Å². The molecule has 6 heteroatoms. The molecule has 0 saturated carbocycles. The van der Waals surface area contributed by atoms with Gasteiger partial charge in [0.15, 0.2) is 0 Å². The molecular formula is C17H14N3O2Rb. The SMILES string of the molecule is C/C(C(=O)Nc1[c-]cccc1)=C1/NC(=O)c2ccccc2N1.[Rb+]. The summed E-state index contributed by atoms with van der Waals surface area (Å²) in [6.07, 6.45) is 0. The first-order valence-electron chi connectivity index (χ1n) is 6.81. The second-order valence-electron chi connectivity index (χ2n) is 4.86. The number of hydrogen-bond acceptors (Lipinski definition) is 3. The van der Waals surface area contributed by atoms with Gasteiger partial charge in [-0.15, -0.1) is 6.07 Å². The maximum Gasteiger partial charge on any atom is 1.00 e. The number of fused-ring (bicyclic) bond motifs is 1. The van der Waals surface area contributed by atoms with Gasteiger partial charge in [0.1, 0.15) is 5.82 Å². The molecule has 1 aliphatic rings. The minimum atomic E-state index is -0.301.